The maximum Gasteiger partial charge on any atom is 0.248 e. The Bertz CT molecular complexity index is 226. The smallest absolute Gasteiger partial charge is 0.248 e. The van der Waals surface area contributed by atoms with Gasteiger partial charge in [0.2, 0.25) is 5.12 Å². The van der Waals surface area contributed by atoms with E-state index in [0.29, 0.717) is 4.99 Å². The molecule has 0 bridgehead atoms. The van der Waals surface area contributed by atoms with Crippen LogP contribution in [-0.2, 0) is 4.79 Å². The molecule has 0 saturated carbocycles. The fourth-order valence-electron chi connectivity index (χ4n) is 0.866. The average Bonchev–Trinajstić information content (AvgIpc) is 2.06. The number of carbonyl (C=O) groups is 1. The molecule has 0 aromatic carbocycles. The molecule has 0 radical (unpaired) electrons. The van der Waals surface area contributed by atoms with E-state index in [1.165, 1.54) is 11.8 Å². The molecule has 12 heavy (non-hydrogen) atoms. The maximum atomic E-state index is 11.2. The molecule has 1 rings (SSSR count). The third-order valence-electron chi connectivity index (χ3n) is 2.27. The van der Waals surface area contributed by atoms with Crippen molar-refractivity contribution in [1.82, 2.24) is 5.32 Å². The highest BCUT2D eigenvalue weighted by Gasteiger charge is 2.46. The van der Waals surface area contributed by atoms with E-state index < -0.39 is 0 Å². The van der Waals surface area contributed by atoms with Crippen molar-refractivity contribution in [3.8, 4) is 0 Å². The molecule has 1 fully saturated rings. The maximum absolute atomic E-state index is 11.2. The summed E-state index contributed by atoms with van der Waals surface area (Å²) < 4.78 is 0. The summed E-state index contributed by atoms with van der Waals surface area (Å²) in [6.07, 6.45) is 0. The molecule has 0 spiro atoms. The van der Waals surface area contributed by atoms with E-state index in [2.05, 4.69) is 26.1 Å². The van der Waals surface area contributed by atoms with E-state index in [4.69, 9.17) is 12.2 Å². The van der Waals surface area contributed by atoms with E-state index in [9.17, 15) is 4.79 Å². The van der Waals surface area contributed by atoms with Crippen molar-refractivity contribution >= 4 is 34.1 Å². The molecule has 2 nitrogen and oxygen atoms in total. The highest BCUT2D eigenvalue weighted by atomic mass is 32.2. The lowest BCUT2D eigenvalue weighted by atomic mass is 9.87. The summed E-state index contributed by atoms with van der Waals surface area (Å²) in [6, 6.07) is 0. The van der Waals surface area contributed by atoms with Crippen LogP contribution in [0.15, 0.2) is 0 Å². The Morgan fingerprint density at radius 3 is 2.17 bits per heavy atom. The minimum absolute atomic E-state index is 0.0116. The second-order valence-corrected chi connectivity index (χ2v) is 5.93. The number of carbonyl (C=O) groups excluding carboxylic acids is 1. The molecule has 0 aliphatic carbocycles. The Morgan fingerprint density at radius 2 is 2.00 bits per heavy atom. The van der Waals surface area contributed by atoms with Crippen LogP contribution in [0.1, 0.15) is 27.7 Å². The number of nitrogens with one attached hydrogen (secondary N) is 1. The van der Waals surface area contributed by atoms with Crippen molar-refractivity contribution in [2.75, 3.05) is 0 Å². The number of hydrogen-bond acceptors (Lipinski definition) is 3. The van der Waals surface area contributed by atoms with Crippen molar-refractivity contribution in [3.05, 3.63) is 0 Å². The van der Waals surface area contributed by atoms with Crippen LogP contribution in [0.25, 0.3) is 0 Å². The summed E-state index contributed by atoms with van der Waals surface area (Å²) in [5.74, 6) is 0. The molecule has 0 aromatic heterocycles. The molecular weight excluding hydrogens is 190 g/mol. The van der Waals surface area contributed by atoms with Gasteiger partial charge in [0.1, 0.15) is 0 Å². The van der Waals surface area contributed by atoms with Crippen molar-refractivity contribution in [3.63, 3.8) is 0 Å². The van der Waals surface area contributed by atoms with E-state index in [-0.39, 0.29) is 15.4 Å². The van der Waals surface area contributed by atoms with E-state index in [1.54, 1.807) is 0 Å². The van der Waals surface area contributed by atoms with Gasteiger partial charge in [-0.3, -0.25) is 4.79 Å². The van der Waals surface area contributed by atoms with Crippen LogP contribution in [0, 0.1) is 5.41 Å². The van der Waals surface area contributed by atoms with Gasteiger partial charge in [0.25, 0.3) is 0 Å². The molecule has 0 aromatic rings. The zero-order valence-electron chi connectivity index (χ0n) is 7.72. The van der Waals surface area contributed by atoms with Crippen molar-refractivity contribution < 1.29 is 4.79 Å². The minimum atomic E-state index is -0.249. The molecular formula is C8H13NOS2. The zero-order valence-corrected chi connectivity index (χ0v) is 9.36. The Hall–Kier alpha value is -0.0900. The highest BCUT2D eigenvalue weighted by Crippen LogP contribution is 2.43. The third kappa shape index (κ3) is 1.50. The molecule has 1 aliphatic rings. The first-order valence-electron chi connectivity index (χ1n) is 3.82. The molecule has 68 valence electrons. The Kier molecular flexibility index (Phi) is 2.25. The van der Waals surface area contributed by atoms with Gasteiger partial charge in [-0.15, -0.1) is 0 Å². The van der Waals surface area contributed by atoms with Crippen LogP contribution < -0.4 is 5.32 Å². The second-order valence-electron chi connectivity index (χ2n) is 4.13. The van der Waals surface area contributed by atoms with Crippen molar-refractivity contribution in [2.24, 2.45) is 5.41 Å². The monoisotopic (exact) mass is 203 g/mol. The summed E-state index contributed by atoms with van der Waals surface area (Å²) in [5.41, 5.74) is 0.0217. The van der Waals surface area contributed by atoms with Crippen LogP contribution in [0.4, 0.5) is 0 Å². The van der Waals surface area contributed by atoms with Crippen LogP contribution in [-0.4, -0.2) is 15.0 Å². The lowest BCUT2D eigenvalue weighted by molar-refractivity contribution is -0.105. The largest absolute Gasteiger partial charge is 0.358 e. The van der Waals surface area contributed by atoms with Gasteiger partial charge in [-0.2, -0.15) is 0 Å². The Balaban J connectivity index is 2.91. The molecule has 0 unspecified atom stereocenters. The molecule has 4 heteroatoms. The molecule has 1 saturated heterocycles. The van der Waals surface area contributed by atoms with Gasteiger partial charge in [-0.05, 0) is 12.3 Å². The van der Waals surface area contributed by atoms with E-state index in [0.717, 1.165) is 0 Å². The third-order valence-corrected chi connectivity index (χ3v) is 4.19. The van der Waals surface area contributed by atoms with Gasteiger partial charge >= 0.3 is 0 Å². The summed E-state index contributed by atoms with van der Waals surface area (Å²) >= 11 is 6.17. The fraction of sp³-hybridized carbons (Fsp3) is 0.750. The quantitative estimate of drug-likeness (QED) is 0.609. The van der Waals surface area contributed by atoms with Gasteiger partial charge in [0, 0.05) is 0 Å². The summed E-state index contributed by atoms with van der Waals surface area (Å²) in [4.78, 5) is 11.3. The summed E-state index contributed by atoms with van der Waals surface area (Å²) in [5, 5.41) is 3.05. The first kappa shape index (κ1) is 9.99. The predicted molar refractivity (Wildman–Crippen MR) is 56.2 cm³/mol. The molecule has 1 aliphatic heterocycles. The summed E-state index contributed by atoms with van der Waals surface area (Å²) in [6.45, 7) is 8.28. The Labute approximate surface area is 82.5 Å². The van der Waals surface area contributed by atoms with Gasteiger partial charge in [0.05, 0.1) is 4.87 Å². The van der Waals surface area contributed by atoms with Crippen molar-refractivity contribution in [2.45, 2.75) is 32.6 Å². The average molecular weight is 203 g/mol. The Morgan fingerprint density at radius 1 is 1.50 bits per heavy atom. The first-order valence-corrected chi connectivity index (χ1v) is 5.04. The number of rotatable bonds is 0. The standard InChI is InChI=1S/C8H13NOS2/c1-7(2,3)8(4)9-5(11)6(10)12-8/h1-4H3,(H,9,11)/t8-/m1/s1. The topological polar surface area (TPSA) is 29.1 Å². The second kappa shape index (κ2) is 2.70. The molecule has 1 heterocycles. The minimum Gasteiger partial charge on any atom is -0.358 e. The van der Waals surface area contributed by atoms with Crippen LogP contribution >= 0.6 is 24.0 Å². The fourth-order valence-corrected chi connectivity index (χ4v) is 2.23. The van der Waals surface area contributed by atoms with Gasteiger partial charge in [-0.1, -0.05) is 44.8 Å². The van der Waals surface area contributed by atoms with Crippen LogP contribution in [0.3, 0.4) is 0 Å². The van der Waals surface area contributed by atoms with Crippen LogP contribution in [0.2, 0.25) is 0 Å². The van der Waals surface area contributed by atoms with Gasteiger partial charge < -0.3 is 5.32 Å². The lowest BCUT2D eigenvalue weighted by Crippen LogP contribution is -2.46. The van der Waals surface area contributed by atoms with Crippen LogP contribution in [0.5, 0.6) is 0 Å². The first-order chi connectivity index (χ1) is 5.26. The van der Waals surface area contributed by atoms with E-state index in [1.807, 2.05) is 6.92 Å². The molecule has 1 atom stereocenters. The number of thiocarbonyl (C=S) groups is 1. The number of hydrogen-bond donors (Lipinski definition) is 1. The van der Waals surface area contributed by atoms with Crippen molar-refractivity contribution in [1.29, 1.82) is 0 Å². The van der Waals surface area contributed by atoms with Gasteiger partial charge in [0.15, 0.2) is 4.99 Å². The summed E-state index contributed by atoms with van der Waals surface area (Å²) in [7, 11) is 0. The number of thioether (sulfide) groups is 1. The van der Waals surface area contributed by atoms with Gasteiger partial charge in [-0.25, -0.2) is 0 Å². The lowest BCUT2D eigenvalue weighted by Gasteiger charge is -2.36. The normalized spacial score (nSPS) is 30.7. The van der Waals surface area contributed by atoms with E-state index >= 15 is 0 Å². The zero-order chi connectivity index (χ0) is 9.57. The highest BCUT2D eigenvalue weighted by molar-refractivity contribution is 8.19. The molecule has 1 N–H and O–H groups in total. The SMILES string of the molecule is CC(C)(C)[C@]1(C)NC(=S)C(=O)S1. The predicted octanol–water partition coefficient (Wildman–Crippen LogP) is 1.94. The molecule has 0 amide bonds.